The highest BCUT2D eigenvalue weighted by atomic mass is 32.2. The molecular formula is C51H60N3O22S5+. The lowest BCUT2D eigenvalue weighted by molar-refractivity contribution is -0.442. The second kappa shape index (κ2) is 23.8. The number of benzene rings is 4. The summed E-state index contributed by atoms with van der Waals surface area (Å²) in [5, 5.41) is 0.157. The number of nitrogens with zero attached hydrogens (tertiary/aromatic N) is 3. The van der Waals surface area contributed by atoms with Crippen LogP contribution in [0.2, 0.25) is 0 Å². The SMILES string of the molecule is COCCOCCOCC[N+]1=C(/C=C/C(C)=C/C=C2/N(CCCC(=O)ON3C(=O)CCC3=O)c3ccc4c(S(=O)(=O)O)cc(S(=O)(=O)O)cc4c3C2(C)C)C(C)(CCCS(=O)(=O)O)c2c1ccc1c(S(=O)(=O)O)cc(S(=O)(=O)O)cc21. The van der Waals surface area contributed by atoms with Crippen molar-refractivity contribution < 1.29 is 103 Å². The molecule has 1 atom stereocenters. The minimum absolute atomic E-state index is 0.0211. The summed E-state index contributed by atoms with van der Waals surface area (Å²) < 4.78 is 195. The van der Waals surface area contributed by atoms with Crippen LogP contribution in [0.5, 0.6) is 0 Å². The molecule has 7 rings (SSSR count). The molecule has 0 aromatic heterocycles. The third kappa shape index (κ3) is 13.8. The first-order chi connectivity index (χ1) is 37.6. The van der Waals surface area contributed by atoms with Gasteiger partial charge in [-0.15, -0.1) is 5.06 Å². The molecule has 1 saturated heterocycles. The van der Waals surface area contributed by atoms with Crippen molar-refractivity contribution in [2.24, 2.45) is 0 Å². The van der Waals surface area contributed by atoms with E-state index < -0.39 is 105 Å². The van der Waals surface area contributed by atoms with Crippen molar-refractivity contribution in [3.8, 4) is 0 Å². The molecular weight excluding hydrogens is 1170 g/mol. The predicted octanol–water partition coefficient (Wildman–Crippen LogP) is 5.26. The van der Waals surface area contributed by atoms with Crippen molar-refractivity contribution in [3.05, 3.63) is 95.2 Å². The number of ether oxygens (including phenoxy) is 3. The Labute approximate surface area is 468 Å². The molecule has 4 aromatic carbocycles. The molecule has 0 aliphatic carbocycles. The second-order valence-electron chi connectivity index (χ2n) is 20.1. The van der Waals surface area contributed by atoms with Gasteiger partial charge in [-0.25, -0.2) is 4.79 Å². The Balaban J connectivity index is 1.37. The van der Waals surface area contributed by atoms with Gasteiger partial charge in [0.05, 0.1) is 47.4 Å². The molecule has 30 heteroatoms. The number of anilines is 1. The zero-order valence-electron chi connectivity index (χ0n) is 44.4. The number of hydrogen-bond acceptors (Lipinski definition) is 18. The standard InChI is InChI=1S/C51H59N3O22S5/c1-32(9-15-43-50(2,3)48-37-28-33(78(61,62)63)30-41(80(67,68)69)35(37)11-13-39(48)52(43)20-6-8-47(57)76-54-45(55)17-18-46(54)56)10-16-44-51(4,19-7-27-77(58,59)60)49-38-29-34(79(64,65)66)31-42(81(70,71)72)36(38)12-14-40(49)53(44)21-22-74-25-26-75-24-23-73-5/h9-16,28-31H,6-8,17-27H2,1-5H3,(H4-,58,59,60,61,62,63,64,65,66,67,68,69,70,71,72)/p+1. The number of imide groups is 1. The average Bonchev–Trinajstić information content (AvgIpc) is 2.58. The first kappa shape index (κ1) is 62.7. The van der Waals surface area contributed by atoms with Crippen LogP contribution in [0.25, 0.3) is 21.5 Å². The van der Waals surface area contributed by atoms with Gasteiger partial charge in [0.2, 0.25) is 5.69 Å². The van der Waals surface area contributed by atoms with Crippen molar-refractivity contribution in [1.82, 2.24) is 5.06 Å². The normalized spacial score (nSPS) is 18.6. The Bertz CT molecular complexity index is 3950. The molecule has 3 aliphatic rings. The molecule has 0 spiro atoms. The zero-order chi connectivity index (χ0) is 59.8. The molecule has 3 aliphatic heterocycles. The summed E-state index contributed by atoms with van der Waals surface area (Å²) in [4.78, 5) is 40.8. The second-order valence-corrected chi connectivity index (χ2v) is 27.2. The van der Waals surface area contributed by atoms with Crippen molar-refractivity contribution in [2.75, 3.05) is 63.9 Å². The Morgan fingerprint density at radius 3 is 1.78 bits per heavy atom. The summed E-state index contributed by atoms with van der Waals surface area (Å²) >= 11 is 0. The third-order valence-corrected chi connectivity index (χ3v) is 18.4. The first-order valence-electron chi connectivity index (χ1n) is 24.9. The van der Waals surface area contributed by atoms with E-state index in [1.165, 1.54) is 31.4 Å². The fourth-order valence-electron chi connectivity index (χ4n) is 10.5. The average molecular weight is 1230 g/mol. The molecule has 0 bridgehead atoms. The minimum Gasteiger partial charge on any atom is -0.382 e. The van der Waals surface area contributed by atoms with E-state index in [9.17, 15) is 79.2 Å². The fourth-order valence-corrected chi connectivity index (χ4v) is 13.7. The lowest BCUT2D eigenvalue weighted by Crippen LogP contribution is -2.33. The molecule has 1 unspecified atom stereocenters. The van der Waals surface area contributed by atoms with Gasteiger partial charge < -0.3 is 23.9 Å². The molecule has 2 amide bonds. The number of rotatable bonds is 25. The van der Waals surface area contributed by atoms with Gasteiger partial charge >= 0.3 is 5.97 Å². The number of hydroxylamine groups is 2. The van der Waals surface area contributed by atoms with E-state index in [2.05, 4.69) is 0 Å². The van der Waals surface area contributed by atoms with Crippen LogP contribution in [0.1, 0.15) is 77.3 Å². The number of carbonyl (C=O) groups excluding carboxylic acids is 3. The van der Waals surface area contributed by atoms with E-state index >= 15 is 0 Å². The molecule has 3 heterocycles. The highest BCUT2D eigenvalue weighted by molar-refractivity contribution is 7.87. The predicted molar refractivity (Wildman–Crippen MR) is 291 cm³/mol. The number of carbonyl (C=O) groups is 3. The summed E-state index contributed by atoms with van der Waals surface area (Å²) in [5.41, 5.74) is 0.262. The lowest BCUT2D eigenvalue weighted by Gasteiger charge is -2.27. The smallest absolute Gasteiger partial charge is 0.333 e. The van der Waals surface area contributed by atoms with Crippen LogP contribution in [0.15, 0.2) is 104 Å². The van der Waals surface area contributed by atoms with Gasteiger partial charge in [0.1, 0.15) is 16.4 Å². The van der Waals surface area contributed by atoms with E-state index in [0.717, 1.165) is 12.1 Å². The number of amides is 2. The van der Waals surface area contributed by atoms with Crippen molar-refractivity contribution in [3.63, 3.8) is 0 Å². The van der Waals surface area contributed by atoms with Gasteiger partial charge in [-0.2, -0.15) is 46.7 Å². The fraction of sp³-hybridized carbons (Fsp3) is 0.412. The van der Waals surface area contributed by atoms with E-state index in [1.54, 1.807) is 61.5 Å². The summed E-state index contributed by atoms with van der Waals surface area (Å²) in [7, 11) is -23.5. The van der Waals surface area contributed by atoms with Crippen molar-refractivity contribution >= 4 is 107 Å². The number of fused-ring (bicyclic) bond motifs is 6. The van der Waals surface area contributed by atoms with Crippen LogP contribution in [0, 0.1) is 0 Å². The number of allylic oxidation sites excluding steroid dienone is 6. The van der Waals surface area contributed by atoms with Crippen LogP contribution in [-0.2, 0) is 94.9 Å². The van der Waals surface area contributed by atoms with Crippen molar-refractivity contribution in [1.29, 1.82) is 0 Å². The zero-order valence-corrected chi connectivity index (χ0v) is 48.5. The van der Waals surface area contributed by atoms with Gasteiger partial charge in [0.25, 0.3) is 62.4 Å². The summed E-state index contributed by atoms with van der Waals surface area (Å²) in [6, 6.07) is 9.08. The van der Waals surface area contributed by atoms with E-state index in [-0.39, 0.29) is 98.5 Å². The first-order valence-corrected chi connectivity index (χ1v) is 32.2. The Morgan fingerprint density at radius 2 is 1.23 bits per heavy atom. The number of methoxy groups -OCH3 is 1. The van der Waals surface area contributed by atoms with Gasteiger partial charge in [0.15, 0.2) is 12.3 Å². The highest BCUT2D eigenvalue weighted by Crippen LogP contribution is 2.52. The molecule has 4 aromatic rings. The van der Waals surface area contributed by atoms with Crippen LogP contribution < -0.4 is 4.90 Å². The molecule has 0 radical (unpaired) electrons. The third-order valence-electron chi connectivity index (χ3n) is 14.1. The lowest BCUT2D eigenvalue weighted by atomic mass is 9.74. The van der Waals surface area contributed by atoms with Gasteiger partial charge in [-0.3, -0.25) is 32.4 Å². The van der Waals surface area contributed by atoms with Crippen LogP contribution in [-0.4, -0.2) is 157 Å². The molecule has 5 N–H and O–H groups in total. The van der Waals surface area contributed by atoms with Crippen LogP contribution in [0.4, 0.5) is 11.4 Å². The van der Waals surface area contributed by atoms with Crippen LogP contribution in [0.3, 0.4) is 0 Å². The van der Waals surface area contributed by atoms with Gasteiger partial charge in [0, 0.05) is 78.2 Å². The van der Waals surface area contributed by atoms with E-state index in [0.29, 0.717) is 64.3 Å². The molecule has 0 saturated carbocycles. The monoisotopic (exact) mass is 1230 g/mol. The molecule has 25 nitrogen and oxygen atoms in total. The Morgan fingerprint density at radius 1 is 0.691 bits per heavy atom. The highest BCUT2D eigenvalue weighted by Gasteiger charge is 2.49. The van der Waals surface area contributed by atoms with Crippen molar-refractivity contribution in [2.45, 2.75) is 96.6 Å². The molecule has 1 fully saturated rings. The maximum Gasteiger partial charge on any atom is 0.333 e. The van der Waals surface area contributed by atoms with Crippen LogP contribution >= 0.6 is 0 Å². The maximum atomic E-state index is 13.0. The van der Waals surface area contributed by atoms with Gasteiger partial charge in [-0.05, 0) is 91.9 Å². The molecule has 81 heavy (non-hydrogen) atoms. The molecule has 440 valence electrons. The van der Waals surface area contributed by atoms with Gasteiger partial charge in [-0.1, -0.05) is 37.6 Å². The topological polar surface area (TPSA) is 369 Å². The Kier molecular flexibility index (Phi) is 18.4. The van der Waals surface area contributed by atoms with E-state index in [1.807, 2.05) is 0 Å². The Hall–Kier alpha value is -5.87. The summed E-state index contributed by atoms with van der Waals surface area (Å²) in [5.74, 6) is -2.98. The summed E-state index contributed by atoms with van der Waals surface area (Å²) in [6.45, 7) is 8.00. The minimum atomic E-state index is -5.16. The largest absolute Gasteiger partial charge is 0.382 e. The maximum absolute atomic E-state index is 13.0. The summed E-state index contributed by atoms with van der Waals surface area (Å²) in [6.07, 6.45) is 5.93. The number of hydrogen-bond donors (Lipinski definition) is 5. The quantitative estimate of drug-likeness (QED) is 0.0186. The van der Waals surface area contributed by atoms with E-state index in [4.69, 9.17) is 19.0 Å².